The predicted molar refractivity (Wildman–Crippen MR) is 117 cm³/mol. The topological polar surface area (TPSA) is 37.5 Å². The second kappa shape index (κ2) is 6.10. The highest BCUT2D eigenvalue weighted by molar-refractivity contribution is 5.90. The number of nitrogens with zero attached hydrogens (tertiary/aromatic N) is 2. The van der Waals surface area contributed by atoms with E-state index in [1.807, 2.05) is 24.3 Å². The summed E-state index contributed by atoms with van der Waals surface area (Å²) in [7, 11) is 0. The number of aromatic hydroxyl groups is 1. The third-order valence-corrected chi connectivity index (χ3v) is 5.40. The molecule has 0 aliphatic rings. The molecule has 0 spiro atoms. The standard InChI is InChI=1S/C25H28N2O/c1-24(2,3)16-14-17(23(28)18(15-16)25(4,5)6)22-21-12-9-13-27(21)20-11-8-7-10-19(20)26-22/h7-15,28H,1-6H3. The van der Waals surface area contributed by atoms with E-state index in [9.17, 15) is 5.11 Å². The Morgan fingerprint density at radius 1 is 0.821 bits per heavy atom. The molecule has 0 bridgehead atoms. The Kier molecular flexibility index (Phi) is 4.04. The van der Waals surface area contributed by atoms with Crippen LogP contribution in [0.25, 0.3) is 27.8 Å². The van der Waals surface area contributed by atoms with E-state index in [-0.39, 0.29) is 10.8 Å². The average Bonchev–Trinajstić information content (AvgIpc) is 3.09. The zero-order valence-electron chi connectivity index (χ0n) is 17.5. The molecule has 1 N–H and O–H groups in total. The number of hydrogen-bond acceptors (Lipinski definition) is 2. The normalized spacial score (nSPS) is 12.8. The minimum atomic E-state index is -0.171. The van der Waals surface area contributed by atoms with Crippen LogP contribution < -0.4 is 0 Å². The van der Waals surface area contributed by atoms with E-state index < -0.39 is 0 Å². The van der Waals surface area contributed by atoms with Gasteiger partial charge in [0.05, 0.1) is 22.2 Å². The Bertz CT molecular complexity index is 1190. The Labute approximate surface area is 166 Å². The van der Waals surface area contributed by atoms with Gasteiger partial charge in [-0.25, -0.2) is 4.98 Å². The first kappa shape index (κ1) is 18.5. The van der Waals surface area contributed by atoms with Crippen LogP contribution in [0.15, 0.2) is 54.7 Å². The summed E-state index contributed by atoms with van der Waals surface area (Å²) in [5.41, 5.74) is 6.55. The number of fused-ring (bicyclic) bond motifs is 3. The molecule has 0 atom stereocenters. The van der Waals surface area contributed by atoms with E-state index in [1.54, 1.807) is 0 Å². The summed E-state index contributed by atoms with van der Waals surface area (Å²) in [6.45, 7) is 13.0. The van der Waals surface area contributed by atoms with Crippen LogP contribution in [-0.2, 0) is 10.8 Å². The molecule has 28 heavy (non-hydrogen) atoms. The molecular formula is C25H28N2O. The quantitative estimate of drug-likeness (QED) is 0.416. The summed E-state index contributed by atoms with van der Waals surface area (Å²) in [6, 6.07) is 16.5. The van der Waals surface area contributed by atoms with Gasteiger partial charge in [-0.1, -0.05) is 59.7 Å². The molecule has 2 aromatic heterocycles. The molecule has 0 aliphatic carbocycles. The van der Waals surface area contributed by atoms with Crippen molar-refractivity contribution in [3.05, 3.63) is 65.9 Å². The van der Waals surface area contributed by atoms with Crippen molar-refractivity contribution in [3.8, 4) is 17.0 Å². The minimum absolute atomic E-state index is 0.0302. The Balaban J connectivity index is 2.13. The van der Waals surface area contributed by atoms with Gasteiger partial charge < -0.3 is 9.51 Å². The fourth-order valence-corrected chi connectivity index (χ4v) is 3.74. The Morgan fingerprint density at radius 2 is 1.50 bits per heavy atom. The van der Waals surface area contributed by atoms with Gasteiger partial charge in [-0.2, -0.15) is 0 Å². The van der Waals surface area contributed by atoms with E-state index >= 15 is 0 Å². The maximum absolute atomic E-state index is 11.3. The molecule has 2 heterocycles. The van der Waals surface area contributed by atoms with Crippen LogP contribution in [0.3, 0.4) is 0 Å². The van der Waals surface area contributed by atoms with Crippen molar-refractivity contribution < 1.29 is 5.11 Å². The van der Waals surface area contributed by atoms with Crippen LogP contribution in [-0.4, -0.2) is 14.5 Å². The van der Waals surface area contributed by atoms with E-state index in [0.29, 0.717) is 5.75 Å². The van der Waals surface area contributed by atoms with E-state index in [4.69, 9.17) is 4.98 Å². The van der Waals surface area contributed by atoms with E-state index in [0.717, 1.165) is 33.4 Å². The highest BCUT2D eigenvalue weighted by atomic mass is 16.3. The maximum atomic E-state index is 11.3. The number of hydrogen-bond donors (Lipinski definition) is 1. The Morgan fingerprint density at radius 3 is 2.18 bits per heavy atom. The molecule has 0 radical (unpaired) electrons. The van der Waals surface area contributed by atoms with Crippen LogP contribution >= 0.6 is 0 Å². The summed E-state index contributed by atoms with van der Waals surface area (Å²) in [5, 5.41) is 11.3. The molecule has 0 saturated heterocycles. The van der Waals surface area contributed by atoms with Crippen LogP contribution in [0.4, 0.5) is 0 Å². The molecule has 3 nitrogen and oxygen atoms in total. The lowest BCUT2D eigenvalue weighted by Gasteiger charge is -2.27. The van der Waals surface area contributed by atoms with Gasteiger partial charge in [0.25, 0.3) is 0 Å². The van der Waals surface area contributed by atoms with Crippen LogP contribution in [0.5, 0.6) is 5.75 Å². The molecule has 4 rings (SSSR count). The van der Waals surface area contributed by atoms with Crippen molar-refractivity contribution in [3.63, 3.8) is 0 Å². The number of benzene rings is 2. The second-order valence-corrected chi connectivity index (χ2v) is 9.63. The summed E-state index contributed by atoms with van der Waals surface area (Å²) in [6.07, 6.45) is 2.05. The maximum Gasteiger partial charge on any atom is 0.128 e. The molecular weight excluding hydrogens is 344 g/mol. The lowest BCUT2D eigenvalue weighted by Crippen LogP contribution is -2.17. The first-order chi connectivity index (χ1) is 13.1. The summed E-state index contributed by atoms with van der Waals surface area (Å²) in [5.74, 6) is 0.325. The van der Waals surface area contributed by atoms with Crippen molar-refractivity contribution in [1.82, 2.24) is 9.38 Å². The number of phenols is 1. The van der Waals surface area contributed by atoms with Crippen LogP contribution in [0.2, 0.25) is 0 Å². The monoisotopic (exact) mass is 372 g/mol. The molecule has 0 fully saturated rings. The molecule has 2 aromatic carbocycles. The first-order valence-electron chi connectivity index (χ1n) is 9.81. The van der Waals surface area contributed by atoms with Crippen molar-refractivity contribution in [1.29, 1.82) is 0 Å². The van der Waals surface area contributed by atoms with Crippen molar-refractivity contribution in [2.24, 2.45) is 0 Å². The van der Waals surface area contributed by atoms with Crippen LogP contribution in [0.1, 0.15) is 52.7 Å². The SMILES string of the molecule is CC(C)(C)c1cc(-c2nc3ccccc3n3cccc23)c(O)c(C(C)(C)C)c1. The number of rotatable bonds is 1. The highest BCUT2D eigenvalue weighted by Gasteiger charge is 2.26. The fourth-order valence-electron chi connectivity index (χ4n) is 3.74. The van der Waals surface area contributed by atoms with Gasteiger partial charge in [0.2, 0.25) is 0 Å². The summed E-state index contributed by atoms with van der Waals surface area (Å²) >= 11 is 0. The van der Waals surface area contributed by atoms with Gasteiger partial charge in [0.15, 0.2) is 0 Å². The van der Waals surface area contributed by atoms with E-state index in [2.05, 4.69) is 76.4 Å². The largest absolute Gasteiger partial charge is 0.507 e. The highest BCUT2D eigenvalue weighted by Crippen LogP contribution is 2.43. The third kappa shape index (κ3) is 2.95. The minimum Gasteiger partial charge on any atom is -0.507 e. The number of para-hydroxylation sites is 2. The predicted octanol–water partition coefficient (Wildman–Crippen LogP) is 6.46. The van der Waals surface area contributed by atoms with Gasteiger partial charge in [0.1, 0.15) is 5.75 Å². The van der Waals surface area contributed by atoms with Crippen molar-refractivity contribution in [2.45, 2.75) is 52.4 Å². The molecule has 0 saturated carbocycles. The molecule has 3 heteroatoms. The third-order valence-electron chi connectivity index (χ3n) is 5.40. The fraction of sp³-hybridized carbons (Fsp3) is 0.320. The molecule has 0 amide bonds. The van der Waals surface area contributed by atoms with Gasteiger partial charge >= 0.3 is 0 Å². The first-order valence-corrected chi connectivity index (χ1v) is 9.81. The summed E-state index contributed by atoms with van der Waals surface area (Å²) < 4.78 is 2.15. The Hall–Kier alpha value is -2.81. The number of aromatic nitrogens is 2. The van der Waals surface area contributed by atoms with Gasteiger partial charge in [-0.3, -0.25) is 0 Å². The zero-order valence-corrected chi connectivity index (χ0v) is 17.5. The van der Waals surface area contributed by atoms with Gasteiger partial charge in [0, 0.05) is 17.3 Å². The molecule has 0 unspecified atom stereocenters. The van der Waals surface area contributed by atoms with Crippen LogP contribution in [0, 0.1) is 0 Å². The smallest absolute Gasteiger partial charge is 0.128 e. The molecule has 144 valence electrons. The lowest BCUT2D eigenvalue weighted by molar-refractivity contribution is 0.446. The lowest BCUT2D eigenvalue weighted by atomic mass is 9.78. The number of phenolic OH excluding ortho intramolecular Hbond substituents is 1. The summed E-state index contributed by atoms with van der Waals surface area (Å²) in [4.78, 5) is 4.97. The second-order valence-electron chi connectivity index (χ2n) is 9.63. The average molecular weight is 373 g/mol. The van der Waals surface area contributed by atoms with Gasteiger partial charge in [-0.15, -0.1) is 0 Å². The van der Waals surface area contributed by atoms with Gasteiger partial charge in [-0.05, 0) is 46.7 Å². The molecule has 4 aromatic rings. The van der Waals surface area contributed by atoms with E-state index in [1.165, 1.54) is 5.56 Å². The van der Waals surface area contributed by atoms with Crippen molar-refractivity contribution in [2.75, 3.05) is 0 Å². The zero-order chi connectivity index (χ0) is 20.3. The van der Waals surface area contributed by atoms with Crippen molar-refractivity contribution >= 4 is 16.6 Å². The molecule has 0 aliphatic heterocycles.